The molecule has 1 aliphatic carbocycles. The molecule has 0 saturated carbocycles. The van der Waals surface area contributed by atoms with Crippen LogP contribution in [0, 0.1) is 0 Å². The molecule has 2 unspecified atom stereocenters. The summed E-state index contributed by atoms with van der Waals surface area (Å²) in [5.41, 5.74) is 3.11. The third-order valence-corrected chi connectivity index (χ3v) is 5.01. The average molecular weight is 309 g/mol. The van der Waals surface area contributed by atoms with Gasteiger partial charge in [-0.3, -0.25) is 4.90 Å². The van der Waals surface area contributed by atoms with Crippen molar-refractivity contribution in [1.29, 1.82) is 0 Å². The van der Waals surface area contributed by atoms with Crippen LogP contribution in [0.5, 0.6) is 0 Å². The van der Waals surface area contributed by atoms with Crippen LogP contribution < -0.4 is 0 Å². The van der Waals surface area contributed by atoms with Crippen LogP contribution in [0.25, 0.3) is 0 Å². The fraction of sp³-hybridized carbons (Fsp3) is 0.600. The summed E-state index contributed by atoms with van der Waals surface area (Å²) in [4.78, 5) is 5.06. The minimum atomic E-state index is 0.665. The SMILES string of the molecule is CN(C)C1CCN(C2CCc3cc(Br)ccc32)C1. The van der Waals surface area contributed by atoms with Gasteiger partial charge in [-0.25, -0.2) is 0 Å². The molecule has 1 fully saturated rings. The molecule has 0 bridgehead atoms. The van der Waals surface area contributed by atoms with Crippen LogP contribution in [-0.4, -0.2) is 43.0 Å². The van der Waals surface area contributed by atoms with Crippen LogP contribution in [0.1, 0.15) is 30.0 Å². The van der Waals surface area contributed by atoms with Crippen molar-refractivity contribution < 1.29 is 0 Å². The van der Waals surface area contributed by atoms with Crippen LogP contribution in [0.3, 0.4) is 0 Å². The van der Waals surface area contributed by atoms with Crippen LogP contribution in [0.4, 0.5) is 0 Å². The Bertz CT molecular complexity index is 444. The monoisotopic (exact) mass is 308 g/mol. The van der Waals surface area contributed by atoms with Crippen molar-refractivity contribution in [2.75, 3.05) is 27.2 Å². The molecule has 0 amide bonds. The largest absolute Gasteiger partial charge is 0.305 e. The van der Waals surface area contributed by atoms with Crippen molar-refractivity contribution in [3.8, 4) is 0 Å². The molecule has 0 N–H and O–H groups in total. The molecule has 1 aromatic carbocycles. The van der Waals surface area contributed by atoms with Gasteiger partial charge in [-0.15, -0.1) is 0 Å². The summed E-state index contributed by atoms with van der Waals surface area (Å²) < 4.78 is 1.22. The Morgan fingerprint density at radius 3 is 2.83 bits per heavy atom. The van der Waals surface area contributed by atoms with Gasteiger partial charge in [0.05, 0.1) is 0 Å². The molecule has 1 aliphatic heterocycles. The highest BCUT2D eigenvalue weighted by Crippen LogP contribution is 2.38. The van der Waals surface area contributed by atoms with Gasteiger partial charge in [0.15, 0.2) is 0 Å². The zero-order chi connectivity index (χ0) is 12.7. The average Bonchev–Trinajstić information content (AvgIpc) is 2.92. The summed E-state index contributed by atoms with van der Waals surface area (Å²) in [7, 11) is 4.40. The fourth-order valence-corrected chi connectivity index (χ4v) is 3.82. The number of nitrogens with zero attached hydrogens (tertiary/aromatic N) is 2. The molecule has 0 spiro atoms. The number of hydrogen-bond donors (Lipinski definition) is 0. The number of hydrogen-bond acceptors (Lipinski definition) is 2. The Morgan fingerprint density at radius 1 is 1.28 bits per heavy atom. The van der Waals surface area contributed by atoms with E-state index in [4.69, 9.17) is 0 Å². The Kier molecular flexibility index (Phi) is 3.48. The molecule has 0 radical (unpaired) electrons. The maximum atomic E-state index is 3.58. The third kappa shape index (κ3) is 2.24. The van der Waals surface area contributed by atoms with Gasteiger partial charge in [-0.2, -0.15) is 0 Å². The summed E-state index contributed by atoms with van der Waals surface area (Å²) in [5.74, 6) is 0. The van der Waals surface area contributed by atoms with E-state index in [-0.39, 0.29) is 0 Å². The topological polar surface area (TPSA) is 6.48 Å². The molecule has 2 nitrogen and oxygen atoms in total. The first-order chi connectivity index (χ1) is 8.65. The second-order valence-corrected chi connectivity index (χ2v) is 6.71. The number of fused-ring (bicyclic) bond motifs is 1. The summed E-state index contributed by atoms with van der Waals surface area (Å²) >= 11 is 3.58. The quantitative estimate of drug-likeness (QED) is 0.828. The second-order valence-electron chi connectivity index (χ2n) is 5.80. The second kappa shape index (κ2) is 4.95. The Morgan fingerprint density at radius 2 is 2.11 bits per heavy atom. The molecular formula is C15H21BrN2. The highest BCUT2D eigenvalue weighted by Gasteiger charge is 2.33. The van der Waals surface area contributed by atoms with E-state index >= 15 is 0 Å². The van der Waals surface area contributed by atoms with Crippen LogP contribution >= 0.6 is 15.9 Å². The Hall–Kier alpha value is -0.380. The van der Waals surface area contributed by atoms with Gasteiger partial charge in [0.25, 0.3) is 0 Å². The van der Waals surface area contributed by atoms with E-state index in [1.54, 1.807) is 11.1 Å². The van der Waals surface area contributed by atoms with E-state index in [2.05, 4.69) is 58.0 Å². The van der Waals surface area contributed by atoms with E-state index in [9.17, 15) is 0 Å². The molecule has 18 heavy (non-hydrogen) atoms. The number of rotatable bonds is 2. The van der Waals surface area contributed by atoms with Crippen molar-refractivity contribution in [2.24, 2.45) is 0 Å². The number of aryl methyl sites for hydroxylation is 1. The van der Waals surface area contributed by atoms with E-state index in [1.807, 2.05) is 0 Å². The zero-order valence-electron chi connectivity index (χ0n) is 11.2. The smallest absolute Gasteiger partial charge is 0.0354 e. The summed E-state index contributed by atoms with van der Waals surface area (Å²) in [6.45, 7) is 2.48. The van der Waals surface area contributed by atoms with E-state index in [0.29, 0.717) is 6.04 Å². The molecule has 3 rings (SSSR count). The summed E-state index contributed by atoms with van der Waals surface area (Å²) in [6.07, 6.45) is 3.85. The highest BCUT2D eigenvalue weighted by atomic mass is 79.9. The highest BCUT2D eigenvalue weighted by molar-refractivity contribution is 9.10. The lowest BCUT2D eigenvalue weighted by molar-refractivity contribution is 0.216. The lowest BCUT2D eigenvalue weighted by Gasteiger charge is -2.26. The fourth-order valence-electron chi connectivity index (χ4n) is 3.42. The number of benzene rings is 1. The van der Waals surface area contributed by atoms with Crippen molar-refractivity contribution in [1.82, 2.24) is 9.80 Å². The lowest BCUT2D eigenvalue weighted by atomic mass is 10.1. The van der Waals surface area contributed by atoms with Gasteiger partial charge < -0.3 is 4.90 Å². The normalized spacial score (nSPS) is 28.0. The van der Waals surface area contributed by atoms with Crippen molar-refractivity contribution in [2.45, 2.75) is 31.3 Å². The van der Waals surface area contributed by atoms with Crippen LogP contribution in [0.2, 0.25) is 0 Å². The van der Waals surface area contributed by atoms with Crippen molar-refractivity contribution in [3.05, 3.63) is 33.8 Å². The molecule has 3 heteroatoms. The Labute approximate surface area is 118 Å². The molecule has 2 aliphatic rings. The maximum Gasteiger partial charge on any atom is 0.0354 e. The van der Waals surface area contributed by atoms with Gasteiger partial charge in [-0.1, -0.05) is 22.0 Å². The predicted octanol–water partition coefficient (Wildman–Crippen LogP) is 3.07. The van der Waals surface area contributed by atoms with Crippen molar-refractivity contribution in [3.63, 3.8) is 0 Å². The zero-order valence-corrected chi connectivity index (χ0v) is 12.8. The summed E-state index contributed by atoms with van der Waals surface area (Å²) in [6, 6.07) is 8.22. The van der Waals surface area contributed by atoms with E-state index in [0.717, 1.165) is 6.04 Å². The van der Waals surface area contributed by atoms with Crippen LogP contribution in [0.15, 0.2) is 22.7 Å². The third-order valence-electron chi connectivity index (χ3n) is 4.52. The van der Waals surface area contributed by atoms with Gasteiger partial charge >= 0.3 is 0 Å². The first-order valence-corrected chi connectivity index (χ1v) is 7.63. The molecule has 1 aromatic rings. The molecule has 1 saturated heterocycles. The summed E-state index contributed by atoms with van der Waals surface area (Å²) in [5, 5.41) is 0. The number of halogens is 1. The standard InChI is InChI=1S/C15H21BrN2/c1-17(2)13-7-8-18(10-13)15-6-3-11-9-12(16)4-5-14(11)15/h4-5,9,13,15H,3,6-8,10H2,1-2H3. The minimum absolute atomic E-state index is 0.665. The Balaban J connectivity index is 1.77. The number of likely N-dealkylation sites (N-methyl/N-ethyl adjacent to an activating group) is 1. The molecule has 2 atom stereocenters. The van der Waals surface area contributed by atoms with Crippen molar-refractivity contribution >= 4 is 15.9 Å². The molecule has 0 aromatic heterocycles. The van der Waals surface area contributed by atoms with Crippen LogP contribution in [-0.2, 0) is 6.42 Å². The van der Waals surface area contributed by atoms with Gasteiger partial charge in [0.2, 0.25) is 0 Å². The molecule has 1 heterocycles. The predicted molar refractivity (Wildman–Crippen MR) is 78.9 cm³/mol. The van der Waals surface area contributed by atoms with E-state index < -0.39 is 0 Å². The first-order valence-electron chi connectivity index (χ1n) is 6.84. The maximum absolute atomic E-state index is 3.58. The van der Waals surface area contributed by atoms with E-state index in [1.165, 1.54) is 36.8 Å². The molecular weight excluding hydrogens is 288 g/mol. The minimum Gasteiger partial charge on any atom is -0.305 e. The van der Waals surface area contributed by atoms with Gasteiger partial charge in [0, 0.05) is 29.6 Å². The first kappa shape index (κ1) is 12.6. The van der Waals surface area contributed by atoms with Gasteiger partial charge in [-0.05, 0) is 56.6 Å². The lowest BCUT2D eigenvalue weighted by Crippen LogP contribution is -2.32. The number of likely N-dealkylation sites (tertiary alicyclic amines) is 1. The molecule has 98 valence electrons. The van der Waals surface area contributed by atoms with Gasteiger partial charge in [0.1, 0.15) is 0 Å².